The van der Waals surface area contributed by atoms with Gasteiger partial charge in [0.1, 0.15) is 12.2 Å². The summed E-state index contributed by atoms with van der Waals surface area (Å²) in [6, 6.07) is 7.37. The summed E-state index contributed by atoms with van der Waals surface area (Å²) in [4.78, 5) is 32.1. The van der Waals surface area contributed by atoms with Crippen LogP contribution in [0.5, 0.6) is 5.75 Å². The molecule has 1 aliphatic heterocycles. The number of rotatable bonds is 5. The fourth-order valence-corrected chi connectivity index (χ4v) is 4.01. The van der Waals surface area contributed by atoms with Gasteiger partial charge in [0.05, 0.1) is 18.2 Å². The zero-order chi connectivity index (χ0) is 20.5. The van der Waals surface area contributed by atoms with Gasteiger partial charge in [-0.25, -0.2) is 0 Å². The molecule has 0 saturated heterocycles. The number of benzene rings is 1. The van der Waals surface area contributed by atoms with Gasteiger partial charge in [0.25, 0.3) is 5.09 Å². The second kappa shape index (κ2) is 7.96. The summed E-state index contributed by atoms with van der Waals surface area (Å²) in [5, 5.41) is 10.3. The maximum absolute atomic E-state index is 12.7. The summed E-state index contributed by atoms with van der Waals surface area (Å²) in [7, 11) is 0. The smallest absolute Gasteiger partial charge is 0.314 e. The van der Waals surface area contributed by atoms with Crippen LogP contribution in [0.2, 0.25) is 5.02 Å². The number of hydrogen-bond donors (Lipinski definition) is 0. The molecule has 1 aliphatic carbocycles. The van der Waals surface area contributed by atoms with Crippen molar-refractivity contribution < 1.29 is 24.2 Å². The summed E-state index contributed by atoms with van der Waals surface area (Å²) >= 11 is 5.97. The first-order valence-corrected chi connectivity index (χ1v) is 9.68. The Morgan fingerprint density at radius 1 is 1.31 bits per heavy atom. The molecule has 0 bridgehead atoms. The van der Waals surface area contributed by atoms with Crippen LogP contribution in [0.4, 0.5) is 0 Å². The van der Waals surface area contributed by atoms with E-state index in [1.807, 2.05) is 12.1 Å². The van der Waals surface area contributed by atoms with Crippen molar-refractivity contribution in [2.75, 3.05) is 0 Å². The Morgan fingerprint density at radius 3 is 2.79 bits per heavy atom. The number of carbonyl (C=O) groups is 1. The number of halogens is 1. The molecule has 2 aliphatic rings. The highest BCUT2D eigenvalue weighted by atomic mass is 35.5. The van der Waals surface area contributed by atoms with Gasteiger partial charge in [-0.1, -0.05) is 23.7 Å². The highest BCUT2D eigenvalue weighted by Gasteiger charge is 2.35. The van der Waals surface area contributed by atoms with Crippen LogP contribution in [0.3, 0.4) is 0 Å². The number of fused-ring (bicyclic) bond motifs is 1. The Hall–Kier alpha value is -2.71. The van der Waals surface area contributed by atoms with E-state index in [-0.39, 0.29) is 12.5 Å². The zero-order valence-corrected chi connectivity index (χ0v) is 16.4. The summed E-state index contributed by atoms with van der Waals surface area (Å²) < 4.78 is 11.6. The van der Waals surface area contributed by atoms with Crippen LogP contribution in [-0.2, 0) is 21.0 Å². The highest BCUT2D eigenvalue weighted by Crippen LogP contribution is 2.41. The molecule has 0 amide bonds. The Balaban J connectivity index is 1.53. The van der Waals surface area contributed by atoms with Gasteiger partial charge in [-0.15, -0.1) is 10.1 Å². The normalized spacial score (nSPS) is 22.9. The van der Waals surface area contributed by atoms with Crippen molar-refractivity contribution in [3.8, 4) is 5.75 Å². The van der Waals surface area contributed by atoms with Crippen LogP contribution in [0, 0.1) is 23.0 Å². The van der Waals surface area contributed by atoms with Crippen molar-refractivity contribution >= 4 is 17.6 Å². The van der Waals surface area contributed by atoms with Gasteiger partial charge in [0.15, 0.2) is 5.75 Å². The average molecular weight is 419 g/mol. The van der Waals surface area contributed by atoms with Crippen LogP contribution in [-0.4, -0.2) is 22.1 Å². The van der Waals surface area contributed by atoms with Crippen molar-refractivity contribution in [1.82, 2.24) is 4.98 Å². The van der Waals surface area contributed by atoms with Crippen molar-refractivity contribution in [1.29, 1.82) is 0 Å². The second-order valence-corrected chi connectivity index (χ2v) is 7.67. The number of ether oxygens (including phenoxy) is 2. The maximum Gasteiger partial charge on any atom is 0.314 e. The van der Waals surface area contributed by atoms with E-state index >= 15 is 0 Å². The van der Waals surface area contributed by atoms with Crippen molar-refractivity contribution in [2.45, 2.75) is 45.0 Å². The number of carbonyl (C=O) groups excluding carboxylic acids is 1. The third kappa shape index (κ3) is 4.04. The lowest BCUT2D eigenvalue weighted by molar-refractivity contribution is -0.768. The third-order valence-corrected chi connectivity index (χ3v) is 5.61. The van der Waals surface area contributed by atoms with Gasteiger partial charge in [0.2, 0.25) is 0 Å². The monoisotopic (exact) mass is 418 g/mol. The van der Waals surface area contributed by atoms with E-state index in [0.29, 0.717) is 35.9 Å². The molecule has 1 aromatic carbocycles. The number of esters is 1. The lowest BCUT2D eigenvalue weighted by Crippen LogP contribution is -2.21. The largest absolute Gasteiger partial charge is 0.424 e. The van der Waals surface area contributed by atoms with E-state index < -0.39 is 23.1 Å². The Bertz CT molecular complexity index is 949. The Morgan fingerprint density at radius 2 is 2.07 bits per heavy atom. The standard InChI is InChI=1S/C20H19ClN2O6/c1-11-18(28-20(24)13-4-7-15(8-13)29-23(25)26)17-10-27-19(16(17)9-22-11)12-2-5-14(21)6-3-12/h2-3,5-6,9,13,15,19H,4,7-8,10H2,1H3/t13?,15?,19-/m1/s1. The van der Waals surface area contributed by atoms with Crippen LogP contribution in [0.25, 0.3) is 0 Å². The first-order valence-electron chi connectivity index (χ1n) is 9.30. The molecule has 152 valence electrons. The van der Waals surface area contributed by atoms with Crippen LogP contribution >= 0.6 is 11.6 Å². The molecule has 1 aromatic heterocycles. The first-order chi connectivity index (χ1) is 13.9. The van der Waals surface area contributed by atoms with Crippen LogP contribution in [0.1, 0.15) is 47.8 Å². The molecule has 0 N–H and O–H groups in total. The third-order valence-electron chi connectivity index (χ3n) is 5.35. The Labute approximate surface area is 171 Å². The minimum atomic E-state index is -0.815. The van der Waals surface area contributed by atoms with E-state index in [0.717, 1.165) is 16.7 Å². The van der Waals surface area contributed by atoms with E-state index in [9.17, 15) is 14.9 Å². The number of hydrogen-bond acceptors (Lipinski definition) is 7. The number of aryl methyl sites for hydroxylation is 1. The zero-order valence-electron chi connectivity index (χ0n) is 15.7. The van der Waals surface area contributed by atoms with Crippen molar-refractivity contribution in [3.63, 3.8) is 0 Å². The number of nitrogens with zero attached hydrogens (tertiary/aromatic N) is 2. The summed E-state index contributed by atoms with van der Waals surface area (Å²) in [6.07, 6.45) is 2.07. The molecule has 2 heterocycles. The quantitative estimate of drug-likeness (QED) is 0.411. The number of pyridine rings is 1. The fourth-order valence-electron chi connectivity index (χ4n) is 3.89. The van der Waals surface area contributed by atoms with Crippen LogP contribution in [0.15, 0.2) is 30.5 Å². The molecule has 29 heavy (non-hydrogen) atoms. The molecule has 9 heteroatoms. The minimum Gasteiger partial charge on any atom is -0.424 e. The number of aromatic nitrogens is 1. The van der Waals surface area contributed by atoms with Gasteiger partial charge in [-0.2, -0.15) is 0 Å². The van der Waals surface area contributed by atoms with E-state index in [4.69, 9.17) is 21.1 Å². The molecule has 2 unspecified atom stereocenters. The fraction of sp³-hybridized carbons (Fsp3) is 0.400. The van der Waals surface area contributed by atoms with Crippen molar-refractivity contribution in [2.24, 2.45) is 5.92 Å². The maximum atomic E-state index is 12.7. The average Bonchev–Trinajstić information content (AvgIpc) is 3.31. The molecule has 1 saturated carbocycles. The van der Waals surface area contributed by atoms with Gasteiger partial charge < -0.3 is 14.3 Å². The van der Waals surface area contributed by atoms with Gasteiger partial charge >= 0.3 is 5.97 Å². The van der Waals surface area contributed by atoms with Crippen molar-refractivity contribution in [3.05, 3.63) is 68.0 Å². The van der Waals surface area contributed by atoms with E-state index in [1.54, 1.807) is 25.3 Å². The predicted octanol–water partition coefficient (Wildman–Crippen LogP) is 3.95. The molecule has 1 fully saturated rings. The highest BCUT2D eigenvalue weighted by molar-refractivity contribution is 6.30. The molecular weight excluding hydrogens is 400 g/mol. The minimum absolute atomic E-state index is 0.269. The van der Waals surface area contributed by atoms with Crippen LogP contribution < -0.4 is 4.74 Å². The molecule has 8 nitrogen and oxygen atoms in total. The van der Waals surface area contributed by atoms with E-state index in [1.165, 1.54) is 0 Å². The van der Waals surface area contributed by atoms with Gasteiger partial charge in [-0.05, 0) is 43.9 Å². The molecule has 0 spiro atoms. The molecular formula is C20H19ClN2O6. The second-order valence-electron chi connectivity index (χ2n) is 7.23. The first kappa shape index (κ1) is 19.6. The summed E-state index contributed by atoms with van der Waals surface area (Å²) in [6.45, 7) is 2.07. The predicted molar refractivity (Wildman–Crippen MR) is 102 cm³/mol. The Kier molecular flexibility index (Phi) is 5.38. The molecule has 2 aromatic rings. The van der Waals surface area contributed by atoms with E-state index in [2.05, 4.69) is 9.82 Å². The van der Waals surface area contributed by atoms with Gasteiger partial charge in [-0.3, -0.25) is 9.78 Å². The molecule has 0 radical (unpaired) electrons. The molecule has 3 atom stereocenters. The lowest BCUT2D eigenvalue weighted by atomic mass is 10.00. The SMILES string of the molecule is Cc1ncc2c(c1OC(=O)C1CCC(O[N+](=O)[O-])C1)CO[C@@H]2c1ccc(Cl)cc1. The topological polar surface area (TPSA) is 101 Å². The summed E-state index contributed by atoms with van der Waals surface area (Å²) in [5.74, 6) is -0.458. The summed E-state index contributed by atoms with van der Waals surface area (Å²) in [5.41, 5.74) is 3.17. The molecule has 4 rings (SSSR count). The van der Waals surface area contributed by atoms with Gasteiger partial charge in [0, 0.05) is 22.3 Å². The lowest BCUT2D eigenvalue weighted by Gasteiger charge is -2.15.